The Bertz CT molecular complexity index is 1090. The highest BCUT2D eigenvalue weighted by molar-refractivity contribution is 5.94. The van der Waals surface area contributed by atoms with Crippen LogP contribution in [0.15, 0.2) is 36.9 Å². The molecule has 216 valence electrons. The molecule has 3 atom stereocenters. The summed E-state index contributed by atoms with van der Waals surface area (Å²) in [6.07, 6.45) is -0.969. The van der Waals surface area contributed by atoms with E-state index >= 15 is 0 Å². The van der Waals surface area contributed by atoms with E-state index in [1.165, 1.54) is 5.56 Å². The third kappa shape index (κ3) is 9.82. The summed E-state index contributed by atoms with van der Waals surface area (Å²) < 4.78 is 71.1. The van der Waals surface area contributed by atoms with Gasteiger partial charge in [-0.2, -0.15) is 31.4 Å². The second kappa shape index (κ2) is 13.4. The van der Waals surface area contributed by atoms with Crippen molar-refractivity contribution < 1.29 is 55.7 Å². The lowest BCUT2D eigenvalue weighted by Gasteiger charge is -2.32. The van der Waals surface area contributed by atoms with Crippen molar-refractivity contribution in [3.05, 3.63) is 48.0 Å². The Morgan fingerprint density at radius 1 is 1.08 bits per heavy atom. The lowest BCUT2D eigenvalue weighted by atomic mass is 10.0. The molecule has 0 radical (unpaired) electrons. The molecule has 2 aromatic heterocycles. The number of carbonyl (C=O) groups excluding carboxylic acids is 1. The van der Waals surface area contributed by atoms with Crippen LogP contribution in [0.25, 0.3) is 0 Å². The normalized spacial score (nSPS) is 20.9. The van der Waals surface area contributed by atoms with Crippen molar-refractivity contribution in [2.24, 2.45) is 7.05 Å². The van der Waals surface area contributed by atoms with Crippen molar-refractivity contribution in [1.82, 2.24) is 25.0 Å². The van der Waals surface area contributed by atoms with Crippen molar-refractivity contribution in [3.63, 3.8) is 0 Å². The van der Waals surface area contributed by atoms with Crippen LogP contribution in [-0.2, 0) is 27.9 Å². The van der Waals surface area contributed by atoms with Gasteiger partial charge in [0.1, 0.15) is 0 Å². The monoisotopic (exact) mass is 569 g/mol. The largest absolute Gasteiger partial charge is 0.490 e. The van der Waals surface area contributed by atoms with E-state index in [0.717, 1.165) is 32.5 Å². The molecule has 2 fully saturated rings. The number of aromatic nitrogens is 3. The van der Waals surface area contributed by atoms with Gasteiger partial charge in [-0.3, -0.25) is 19.4 Å². The molecule has 4 rings (SSSR count). The smallest absolute Gasteiger partial charge is 0.475 e. The topological polar surface area (TPSA) is 147 Å². The van der Waals surface area contributed by atoms with Gasteiger partial charge in [0.2, 0.25) is 0 Å². The molecule has 1 amide bonds. The summed E-state index contributed by atoms with van der Waals surface area (Å²) in [6, 6.07) is 4.43. The fourth-order valence-corrected chi connectivity index (χ4v) is 3.88. The van der Waals surface area contributed by atoms with Gasteiger partial charge in [-0.25, -0.2) is 9.59 Å². The van der Waals surface area contributed by atoms with E-state index in [1.807, 2.05) is 31.6 Å². The molecular formula is C22H25F6N5O6. The summed E-state index contributed by atoms with van der Waals surface area (Å²) in [5, 5.41) is 21.5. The number of nitrogens with one attached hydrogen (secondary N) is 1. The van der Waals surface area contributed by atoms with E-state index in [1.54, 1.807) is 17.1 Å². The minimum absolute atomic E-state index is 0.000145. The second-order valence-corrected chi connectivity index (χ2v) is 8.42. The molecule has 0 aliphatic carbocycles. The minimum atomic E-state index is -5.08. The van der Waals surface area contributed by atoms with E-state index in [0.29, 0.717) is 11.6 Å². The van der Waals surface area contributed by atoms with E-state index < -0.39 is 24.3 Å². The standard InChI is InChI=1S/C18H23N5O2.2C2HF3O2/c1-22-11-14(9-20-22)18(24)21-15-12-23(10-13-4-6-19-7-5-13)16-3-2-8-25-17(15)16;2*3-2(4,5)1(6)7/h4-7,9,11,15-17H,2-3,8,10,12H2,1H3,(H,21,24);2*(H,6,7)/t15-,16-,17-;;/m1../s1. The van der Waals surface area contributed by atoms with Gasteiger partial charge in [0, 0.05) is 51.4 Å². The first kappa shape index (κ1) is 31.5. The summed E-state index contributed by atoms with van der Waals surface area (Å²) in [7, 11) is 1.81. The van der Waals surface area contributed by atoms with E-state index in [4.69, 9.17) is 24.5 Å². The lowest BCUT2D eigenvalue weighted by Crippen LogP contribution is -2.47. The van der Waals surface area contributed by atoms with Crippen LogP contribution in [0.2, 0.25) is 0 Å². The zero-order chi connectivity index (χ0) is 29.4. The first-order valence-electron chi connectivity index (χ1n) is 11.2. The minimum Gasteiger partial charge on any atom is -0.475 e. The number of halogens is 6. The molecule has 2 aliphatic rings. The molecule has 0 saturated carbocycles. The van der Waals surface area contributed by atoms with Crippen molar-refractivity contribution in [1.29, 1.82) is 0 Å². The number of hydrogen-bond donors (Lipinski definition) is 3. The maximum atomic E-state index is 12.5. The van der Waals surface area contributed by atoms with Crippen LogP contribution in [0, 0.1) is 0 Å². The SMILES string of the molecule is Cn1cc(C(=O)N[C@@H]2CN(Cc3ccncc3)[C@@H]3CCCO[C@@H]32)cn1.O=C(O)C(F)(F)F.O=C(O)C(F)(F)F. The Morgan fingerprint density at radius 3 is 2.13 bits per heavy atom. The van der Waals surface area contributed by atoms with Crippen LogP contribution in [0.1, 0.15) is 28.8 Å². The van der Waals surface area contributed by atoms with Crippen molar-refractivity contribution in [3.8, 4) is 0 Å². The Hall–Kier alpha value is -3.73. The number of pyridine rings is 1. The Labute approximate surface area is 217 Å². The molecule has 11 nitrogen and oxygen atoms in total. The highest BCUT2D eigenvalue weighted by atomic mass is 19.4. The number of hydrogen-bond acceptors (Lipinski definition) is 7. The number of alkyl halides is 6. The molecular weight excluding hydrogens is 544 g/mol. The van der Waals surface area contributed by atoms with Crippen LogP contribution >= 0.6 is 0 Å². The second-order valence-electron chi connectivity index (χ2n) is 8.42. The average Bonchev–Trinajstić information content (AvgIpc) is 3.43. The third-order valence-corrected chi connectivity index (χ3v) is 5.53. The summed E-state index contributed by atoms with van der Waals surface area (Å²) in [5.74, 6) is -5.60. The van der Waals surface area contributed by atoms with Crippen molar-refractivity contribution in [2.75, 3.05) is 13.2 Å². The summed E-state index contributed by atoms with van der Waals surface area (Å²) in [5.41, 5.74) is 1.82. The molecule has 39 heavy (non-hydrogen) atoms. The molecule has 17 heteroatoms. The van der Waals surface area contributed by atoms with Crippen LogP contribution < -0.4 is 5.32 Å². The number of carboxylic acids is 2. The van der Waals surface area contributed by atoms with Crippen LogP contribution in [0.3, 0.4) is 0 Å². The van der Waals surface area contributed by atoms with Gasteiger partial charge in [0.05, 0.1) is 23.9 Å². The molecule has 0 aromatic carbocycles. The number of likely N-dealkylation sites (tertiary alicyclic amines) is 1. The molecule has 3 N–H and O–H groups in total. The molecule has 0 unspecified atom stereocenters. The lowest BCUT2D eigenvalue weighted by molar-refractivity contribution is -0.193. The number of rotatable bonds is 4. The van der Waals surface area contributed by atoms with E-state index in [9.17, 15) is 31.1 Å². The molecule has 0 spiro atoms. The molecule has 4 heterocycles. The van der Waals surface area contributed by atoms with Gasteiger partial charge in [0.25, 0.3) is 5.91 Å². The quantitative estimate of drug-likeness (QED) is 0.472. The van der Waals surface area contributed by atoms with Gasteiger partial charge in [0.15, 0.2) is 0 Å². The molecule has 2 saturated heterocycles. The van der Waals surface area contributed by atoms with Crippen LogP contribution in [0.5, 0.6) is 0 Å². The number of fused-ring (bicyclic) bond motifs is 1. The van der Waals surface area contributed by atoms with Gasteiger partial charge >= 0.3 is 24.3 Å². The van der Waals surface area contributed by atoms with Gasteiger partial charge in [-0.05, 0) is 30.5 Å². The molecule has 0 bridgehead atoms. The van der Waals surface area contributed by atoms with Crippen molar-refractivity contribution >= 4 is 17.8 Å². The third-order valence-electron chi connectivity index (χ3n) is 5.53. The number of aliphatic carboxylic acids is 2. The summed E-state index contributed by atoms with van der Waals surface area (Å²) >= 11 is 0. The first-order chi connectivity index (χ1) is 18.1. The van der Waals surface area contributed by atoms with Gasteiger partial charge < -0.3 is 20.3 Å². The Balaban J connectivity index is 0.000000317. The first-order valence-corrected chi connectivity index (χ1v) is 11.2. The molecule has 2 aliphatic heterocycles. The number of nitrogens with zero attached hydrogens (tertiary/aromatic N) is 4. The highest BCUT2D eigenvalue weighted by Crippen LogP contribution is 2.30. The maximum absolute atomic E-state index is 12.5. The van der Waals surface area contributed by atoms with Crippen LogP contribution in [-0.4, -0.2) is 91.4 Å². The predicted octanol–water partition coefficient (Wildman–Crippen LogP) is 2.24. The number of amides is 1. The van der Waals surface area contributed by atoms with Gasteiger partial charge in [-0.15, -0.1) is 0 Å². The number of aryl methyl sites for hydroxylation is 1. The average molecular weight is 569 g/mol. The Morgan fingerprint density at radius 2 is 1.64 bits per heavy atom. The fraction of sp³-hybridized carbons (Fsp3) is 0.500. The van der Waals surface area contributed by atoms with Crippen molar-refractivity contribution in [2.45, 2.75) is 49.9 Å². The number of ether oxygens (including phenoxy) is 1. The van der Waals surface area contributed by atoms with E-state index in [2.05, 4.69) is 20.3 Å². The number of carbonyl (C=O) groups is 3. The summed E-state index contributed by atoms with van der Waals surface area (Å²) in [4.78, 5) is 36.8. The Kier molecular flexibility index (Phi) is 10.8. The highest BCUT2D eigenvalue weighted by Gasteiger charge is 2.44. The van der Waals surface area contributed by atoms with Crippen LogP contribution in [0.4, 0.5) is 26.3 Å². The van der Waals surface area contributed by atoms with E-state index in [-0.39, 0.29) is 18.1 Å². The predicted molar refractivity (Wildman–Crippen MR) is 119 cm³/mol. The zero-order valence-corrected chi connectivity index (χ0v) is 20.3. The zero-order valence-electron chi connectivity index (χ0n) is 20.3. The maximum Gasteiger partial charge on any atom is 0.490 e. The fourth-order valence-electron chi connectivity index (χ4n) is 3.88. The molecule has 2 aromatic rings. The van der Waals surface area contributed by atoms with Gasteiger partial charge in [-0.1, -0.05) is 0 Å². The number of carboxylic acid groups (broad SMARTS) is 2. The summed E-state index contributed by atoms with van der Waals surface area (Å²) in [6.45, 7) is 2.42.